The predicted octanol–water partition coefficient (Wildman–Crippen LogP) is 2.40. The first-order valence-corrected chi connectivity index (χ1v) is 6.85. The van der Waals surface area contributed by atoms with Crippen LogP contribution in [0.4, 0.5) is 5.95 Å². The van der Waals surface area contributed by atoms with Crippen molar-refractivity contribution in [3.05, 3.63) is 5.28 Å². The molecule has 0 spiro atoms. The molecule has 0 aliphatic rings. The van der Waals surface area contributed by atoms with E-state index >= 15 is 0 Å². The highest BCUT2D eigenvalue weighted by Crippen LogP contribution is 2.11. The van der Waals surface area contributed by atoms with Crippen LogP contribution in [-0.4, -0.2) is 41.3 Å². The Hall–Kier alpha value is -1.14. The fourth-order valence-electron chi connectivity index (χ4n) is 1.30. The summed E-state index contributed by atoms with van der Waals surface area (Å²) in [6.07, 6.45) is 0.875. The number of halogens is 1. The maximum absolute atomic E-state index is 5.78. The topological polar surface area (TPSA) is 69.2 Å². The van der Waals surface area contributed by atoms with E-state index in [9.17, 15) is 0 Å². The summed E-state index contributed by atoms with van der Waals surface area (Å²) in [5.41, 5.74) is 0. The third-order valence-corrected chi connectivity index (χ3v) is 2.23. The number of hydrogen-bond acceptors (Lipinski definition) is 6. The SMILES string of the molecule is CCOc1nc(Cl)nc(NCCCOCC(C)C)n1. The van der Waals surface area contributed by atoms with Gasteiger partial charge in [-0.15, -0.1) is 0 Å². The summed E-state index contributed by atoms with van der Waals surface area (Å²) in [6, 6.07) is 0.237. The van der Waals surface area contributed by atoms with Crippen molar-refractivity contribution in [3.8, 4) is 6.01 Å². The fourth-order valence-corrected chi connectivity index (χ4v) is 1.45. The van der Waals surface area contributed by atoms with E-state index in [1.807, 2.05) is 6.92 Å². The third-order valence-electron chi connectivity index (χ3n) is 2.06. The standard InChI is InChI=1S/C12H21ClN4O2/c1-4-19-12-16-10(13)15-11(17-12)14-6-5-7-18-8-9(2)3/h9H,4-8H2,1-3H3,(H,14,15,16,17). The average Bonchev–Trinajstić information content (AvgIpc) is 2.33. The molecule has 19 heavy (non-hydrogen) atoms. The molecule has 0 saturated heterocycles. The highest BCUT2D eigenvalue weighted by molar-refractivity contribution is 6.28. The molecule has 0 saturated carbocycles. The van der Waals surface area contributed by atoms with Crippen LogP contribution in [0.2, 0.25) is 5.28 Å². The summed E-state index contributed by atoms with van der Waals surface area (Å²) < 4.78 is 10.7. The molecular formula is C12H21ClN4O2. The van der Waals surface area contributed by atoms with E-state index in [0.29, 0.717) is 31.6 Å². The maximum atomic E-state index is 5.78. The van der Waals surface area contributed by atoms with Gasteiger partial charge in [0.1, 0.15) is 0 Å². The molecule has 0 bridgehead atoms. The number of hydrogen-bond donors (Lipinski definition) is 1. The summed E-state index contributed by atoms with van der Waals surface area (Å²) in [5.74, 6) is 0.983. The van der Waals surface area contributed by atoms with Crippen LogP contribution < -0.4 is 10.1 Å². The summed E-state index contributed by atoms with van der Waals surface area (Å²) in [5, 5.41) is 3.19. The Bertz CT molecular complexity index is 377. The molecule has 108 valence electrons. The van der Waals surface area contributed by atoms with Gasteiger partial charge < -0.3 is 14.8 Å². The second-order valence-electron chi connectivity index (χ2n) is 4.39. The van der Waals surface area contributed by atoms with E-state index in [0.717, 1.165) is 13.0 Å². The molecule has 1 rings (SSSR count). The Morgan fingerprint density at radius 3 is 2.74 bits per heavy atom. The minimum Gasteiger partial charge on any atom is -0.464 e. The number of rotatable bonds is 9. The monoisotopic (exact) mass is 288 g/mol. The van der Waals surface area contributed by atoms with E-state index in [2.05, 4.69) is 34.1 Å². The Morgan fingerprint density at radius 1 is 1.26 bits per heavy atom. The van der Waals surface area contributed by atoms with Gasteiger partial charge in [0, 0.05) is 19.8 Å². The zero-order chi connectivity index (χ0) is 14.1. The van der Waals surface area contributed by atoms with Gasteiger partial charge in [-0.1, -0.05) is 13.8 Å². The highest BCUT2D eigenvalue weighted by Gasteiger charge is 2.04. The van der Waals surface area contributed by atoms with Crippen molar-refractivity contribution in [1.82, 2.24) is 15.0 Å². The molecular weight excluding hydrogens is 268 g/mol. The third kappa shape index (κ3) is 7.12. The van der Waals surface area contributed by atoms with Crippen LogP contribution in [0.3, 0.4) is 0 Å². The van der Waals surface area contributed by atoms with Gasteiger partial charge in [-0.2, -0.15) is 15.0 Å². The Morgan fingerprint density at radius 2 is 2.05 bits per heavy atom. The molecule has 6 nitrogen and oxygen atoms in total. The van der Waals surface area contributed by atoms with Crippen molar-refractivity contribution >= 4 is 17.5 Å². The largest absolute Gasteiger partial charge is 0.464 e. The summed E-state index contributed by atoms with van der Waals surface area (Å²) in [6.45, 7) is 8.80. The van der Waals surface area contributed by atoms with Gasteiger partial charge in [-0.3, -0.25) is 0 Å². The van der Waals surface area contributed by atoms with Crippen molar-refractivity contribution in [2.24, 2.45) is 5.92 Å². The minimum absolute atomic E-state index is 0.122. The zero-order valence-electron chi connectivity index (χ0n) is 11.6. The quantitative estimate of drug-likeness (QED) is 0.704. The molecule has 0 amide bonds. The van der Waals surface area contributed by atoms with Crippen LogP contribution in [0.25, 0.3) is 0 Å². The van der Waals surface area contributed by atoms with E-state index in [1.165, 1.54) is 0 Å². The van der Waals surface area contributed by atoms with Crippen LogP contribution in [-0.2, 0) is 4.74 Å². The molecule has 0 aliphatic heterocycles. The smallest absolute Gasteiger partial charge is 0.322 e. The molecule has 0 atom stereocenters. The van der Waals surface area contributed by atoms with Crippen LogP contribution >= 0.6 is 11.6 Å². The lowest BCUT2D eigenvalue weighted by atomic mass is 10.2. The van der Waals surface area contributed by atoms with Crippen LogP contribution in [0.15, 0.2) is 0 Å². The summed E-state index contributed by atoms with van der Waals surface area (Å²) >= 11 is 5.78. The molecule has 0 aliphatic carbocycles. The van der Waals surface area contributed by atoms with Gasteiger partial charge >= 0.3 is 6.01 Å². The molecule has 1 aromatic rings. The van der Waals surface area contributed by atoms with Gasteiger partial charge in [0.25, 0.3) is 0 Å². The van der Waals surface area contributed by atoms with Crippen molar-refractivity contribution in [1.29, 1.82) is 0 Å². The Balaban J connectivity index is 2.28. The Labute approximate surface area is 118 Å². The first-order valence-electron chi connectivity index (χ1n) is 6.47. The molecule has 1 N–H and O–H groups in total. The van der Waals surface area contributed by atoms with Crippen LogP contribution in [0.1, 0.15) is 27.2 Å². The van der Waals surface area contributed by atoms with Gasteiger partial charge in [0.15, 0.2) is 0 Å². The molecule has 0 radical (unpaired) electrons. The first-order chi connectivity index (χ1) is 9.11. The number of nitrogens with one attached hydrogen (secondary N) is 1. The second kappa shape index (κ2) is 8.87. The lowest BCUT2D eigenvalue weighted by molar-refractivity contribution is 0.110. The van der Waals surface area contributed by atoms with Gasteiger partial charge in [0.2, 0.25) is 11.2 Å². The fraction of sp³-hybridized carbons (Fsp3) is 0.750. The van der Waals surface area contributed by atoms with Crippen molar-refractivity contribution < 1.29 is 9.47 Å². The second-order valence-corrected chi connectivity index (χ2v) is 4.73. The number of ether oxygens (including phenoxy) is 2. The van der Waals surface area contributed by atoms with Crippen LogP contribution in [0.5, 0.6) is 6.01 Å². The zero-order valence-corrected chi connectivity index (χ0v) is 12.4. The van der Waals surface area contributed by atoms with Gasteiger partial charge in [-0.05, 0) is 30.9 Å². The van der Waals surface area contributed by atoms with Crippen molar-refractivity contribution in [3.63, 3.8) is 0 Å². The lowest BCUT2D eigenvalue weighted by Gasteiger charge is -2.08. The molecule has 0 aromatic carbocycles. The van der Waals surface area contributed by atoms with Crippen molar-refractivity contribution in [2.45, 2.75) is 27.2 Å². The van der Waals surface area contributed by atoms with E-state index in [-0.39, 0.29) is 11.3 Å². The Kier molecular flexibility index (Phi) is 7.43. The van der Waals surface area contributed by atoms with E-state index < -0.39 is 0 Å². The number of aromatic nitrogens is 3. The first kappa shape index (κ1) is 15.9. The molecule has 0 fully saturated rings. The summed E-state index contributed by atoms with van der Waals surface area (Å²) in [4.78, 5) is 11.9. The van der Waals surface area contributed by atoms with Crippen LogP contribution in [0, 0.1) is 5.92 Å². The minimum atomic E-state index is 0.122. The molecule has 1 heterocycles. The number of nitrogens with zero attached hydrogens (tertiary/aromatic N) is 3. The van der Waals surface area contributed by atoms with E-state index in [1.54, 1.807) is 0 Å². The molecule has 0 unspecified atom stereocenters. The predicted molar refractivity (Wildman–Crippen MR) is 74.8 cm³/mol. The highest BCUT2D eigenvalue weighted by atomic mass is 35.5. The normalized spacial score (nSPS) is 10.8. The lowest BCUT2D eigenvalue weighted by Crippen LogP contribution is -2.11. The average molecular weight is 289 g/mol. The van der Waals surface area contributed by atoms with E-state index in [4.69, 9.17) is 21.1 Å². The summed E-state index contributed by atoms with van der Waals surface area (Å²) in [7, 11) is 0. The molecule has 7 heteroatoms. The van der Waals surface area contributed by atoms with Crippen molar-refractivity contribution in [2.75, 3.05) is 31.7 Å². The van der Waals surface area contributed by atoms with Gasteiger partial charge in [-0.25, -0.2) is 0 Å². The van der Waals surface area contributed by atoms with Gasteiger partial charge in [0.05, 0.1) is 6.61 Å². The molecule has 1 aromatic heterocycles. The maximum Gasteiger partial charge on any atom is 0.322 e. The number of anilines is 1.